The van der Waals surface area contributed by atoms with Gasteiger partial charge in [0.15, 0.2) is 0 Å². The average Bonchev–Trinajstić information content (AvgIpc) is 2.39. The Morgan fingerprint density at radius 1 is 1.42 bits per heavy atom. The number of nitrogens with one attached hydrogen (secondary N) is 1. The second kappa shape index (κ2) is 5.77. The standard InChI is InChI=1S/C13H15FN2O3/c14-11-10(5-2-6-15-11)12(17)16-9-4-1-3-8(7-9)13(18)19/h2,5-6,8-9H,1,3-4,7H2,(H,16,17)(H,18,19). The molecule has 1 fully saturated rings. The molecule has 5 nitrogen and oxygen atoms in total. The molecular formula is C13H15FN2O3. The lowest BCUT2D eigenvalue weighted by atomic mass is 9.85. The molecule has 6 heteroatoms. The molecule has 102 valence electrons. The molecule has 1 aromatic heterocycles. The first kappa shape index (κ1) is 13.5. The van der Waals surface area contributed by atoms with Crippen molar-refractivity contribution < 1.29 is 19.1 Å². The number of carbonyl (C=O) groups is 2. The van der Waals surface area contributed by atoms with Crippen LogP contribution in [0.2, 0.25) is 0 Å². The number of nitrogens with zero attached hydrogens (tertiary/aromatic N) is 1. The van der Waals surface area contributed by atoms with Crippen LogP contribution in [0, 0.1) is 11.9 Å². The number of rotatable bonds is 3. The Labute approximate surface area is 109 Å². The summed E-state index contributed by atoms with van der Waals surface area (Å²) in [7, 11) is 0. The van der Waals surface area contributed by atoms with Crippen molar-refractivity contribution in [2.75, 3.05) is 0 Å². The minimum Gasteiger partial charge on any atom is -0.481 e. The summed E-state index contributed by atoms with van der Waals surface area (Å²) in [5.74, 6) is -2.63. The Kier molecular flexibility index (Phi) is 4.09. The minimum absolute atomic E-state index is 0.111. The Morgan fingerprint density at radius 3 is 2.89 bits per heavy atom. The molecule has 19 heavy (non-hydrogen) atoms. The number of aromatic nitrogens is 1. The third kappa shape index (κ3) is 3.27. The van der Waals surface area contributed by atoms with E-state index in [1.807, 2.05) is 0 Å². The Bertz CT molecular complexity index is 493. The van der Waals surface area contributed by atoms with Crippen LogP contribution in [0.3, 0.4) is 0 Å². The lowest BCUT2D eigenvalue weighted by Gasteiger charge is -2.27. The molecule has 1 aliphatic rings. The van der Waals surface area contributed by atoms with Crippen LogP contribution in [-0.4, -0.2) is 28.0 Å². The molecule has 2 unspecified atom stereocenters. The summed E-state index contributed by atoms with van der Waals surface area (Å²) < 4.78 is 13.3. The van der Waals surface area contributed by atoms with Gasteiger partial charge in [0.2, 0.25) is 5.95 Å². The van der Waals surface area contributed by atoms with E-state index >= 15 is 0 Å². The predicted molar refractivity (Wildman–Crippen MR) is 65.0 cm³/mol. The van der Waals surface area contributed by atoms with Crippen LogP contribution in [0.5, 0.6) is 0 Å². The van der Waals surface area contributed by atoms with Gasteiger partial charge in [0, 0.05) is 12.2 Å². The van der Waals surface area contributed by atoms with Gasteiger partial charge >= 0.3 is 5.97 Å². The van der Waals surface area contributed by atoms with E-state index in [0.717, 1.165) is 12.8 Å². The van der Waals surface area contributed by atoms with Crippen molar-refractivity contribution in [2.45, 2.75) is 31.7 Å². The van der Waals surface area contributed by atoms with Gasteiger partial charge in [-0.1, -0.05) is 6.42 Å². The maximum absolute atomic E-state index is 13.3. The zero-order valence-electron chi connectivity index (χ0n) is 10.3. The quantitative estimate of drug-likeness (QED) is 0.814. The topological polar surface area (TPSA) is 79.3 Å². The van der Waals surface area contributed by atoms with E-state index < -0.39 is 23.7 Å². The van der Waals surface area contributed by atoms with Crippen molar-refractivity contribution in [1.82, 2.24) is 10.3 Å². The SMILES string of the molecule is O=C(NC1CCCC(C(=O)O)C1)c1cccnc1F. The van der Waals surface area contributed by atoms with E-state index in [-0.39, 0.29) is 11.6 Å². The van der Waals surface area contributed by atoms with Crippen LogP contribution in [0.15, 0.2) is 18.3 Å². The molecular weight excluding hydrogens is 251 g/mol. The Hall–Kier alpha value is -1.98. The first-order chi connectivity index (χ1) is 9.08. The highest BCUT2D eigenvalue weighted by atomic mass is 19.1. The zero-order chi connectivity index (χ0) is 13.8. The summed E-state index contributed by atoms with van der Waals surface area (Å²) in [6.07, 6.45) is 3.76. The highest BCUT2D eigenvalue weighted by molar-refractivity contribution is 5.94. The summed E-state index contributed by atoms with van der Waals surface area (Å²) >= 11 is 0. The summed E-state index contributed by atoms with van der Waals surface area (Å²) in [4.78, 5) is 26.2. The van der Waals surface area contributed by atoms with Gasteiger partial charge in [0.1, 0.15) is 0 Å². The minimum atomic E-state index is -0.841. The fourth-order valence-electron chi connectivity index (χ4n) is 2.36. The third-order valence-electron chi connectivity index (χ3n) is 3.36. The maximum atomic E-state index is 13.3. The molecule has 1 heterocycles. The molecule has 2 rings (SSSR count). The molecule has 2 N–H and O–H groups in total. The second-order valence-electron chi connectivity index (χ2n) is 4.71. The highest BCUT2D eigenvalue weighted by Gasteiger charge is 2.28. The van der Waals surface area contributed by atoms with Gasteiger partial charge in [0.05, 0.1) is 11.5 Å². The van der Waals surface area contributed by atoms with Gasteiger partial charge in [-0.3, -0.25) is 9.59 Å². The van der Waals surface area contributed by atoms with Crippen molar-refractivity contribution in [3.8, 4) is 0 Å². The van der Waals surface area contributed by atoms with Crippen LogP contribution >= 0.6 is 0 Å². The van der Waals surface area contributed by atoms with Gasteiger partial charge in [-0.05, 0) is 31.4 Å². The number of aliphatic carboxylic acids is 1. The maximum Gasteiger partial charge on any atom is 0.306 e. The first-order valence-electron chi connectivity index (χ1n) is 6.22. The fourth-order valence-corrected chi connectivity index (χ4v) is 2.36. The van der Waals surface area contributed by atoms with Gasteiger partial charge in [0.25, 0.3) is 5.91 Å². The fraction of sp³-hybridized carbons (Fsp3) is 0.462. The van der Waals surface area contributed by atoms with E-state index in [9.17, 15) is 14.0 Å². The number of pyridine rings is 1. The number of carbonyl (C=O) groups excluding carboxylic acids is 1. The molecule has 0 aromatic carbocycles. The number of hydrogen-bond acceptors (Lipinski definition) is 3. The van der Waals surface area contributed by atoms with E-state index in [1.165, 1.54) is 18.3 Å². The van der Waals surface area contributed by atoms with Crippen molar-refractivity contribution >= 4 is 11.9 Å². The number of halogens is 1. The molecule has 0 bridgehead atoms. The Morgan fingerprint density at radius 2 is 2.21 bits per heavy atom. The van der Waals surface area contributed by atoms with Crippen LogP contribution in [0.1, 0.15) is 36.0 Å². The number of carboxylic acid groups (broad SMARTS) is 1. The number of hydrogen-bond donors (Lipinski definition) is 2. The molecule has 1 aromatic rings. The largest absolute Gasteiger partial charge is 0.481 e. The van der Waals surface area contributed by atoms with Gasteiger partial charge in [-0.25, -0.2) is 4.98 Å². The monoisotopic (exact) mass is 266 g/mol. The molecule has 0 saturated heterocycles. The van der Waals surface area contributed by atoms with Crippen molar-refractivity contribution in [3.05, 3.63) is 29.8 Å². The van der Waals surface area contributed by atoms with E-state index in [2.05, 4.69) is 10.3 Å². The van der Waals surface area contributed by atoms with Gasteiger partial charge < -0.3 is 10.4 Å². The van der Waals surface area contributed by atoms with Crippen molar-refractivity contribution in [2.24, 2.45) is 5.92 Å². The predicted octanol–water partition coefficient (Wildman–Crippen LogP) is 1.59. The number of amides is 1. The van der Waals surface area contributed by atoms with Crippen molar-refractivity contribution in [3.63, 3.8) is 0 Å². The molecule has 0 spiro atoms. The summed E-state index contributed by atoms with van der Waals surface area (Å²) in [6.45, 7) is 0. The Balaban J connectivity index is 1.99. The summed E-state index contributed by atoms with van der Waals surface area (Å²) in [5, 5.41) is 11.6. The average molecular weight is 266 g/mol. The lowest BCUT2D eigenvalue weighted by Crippen LogP contribution is -2.40. The first-order valence-corrected chi connectivity index (χ1v) is 6.22. The van der Waals surface area contributed by atoms with Crippen LogP contribution in [-0.2, 0) is 4.79 Å². The van der Waals surface area contributed by atoms with Crippen LogP contribution in [0.4, 0.5) is 4.39 Å². The zero-order valence-corrected chi connectivity index (χ0v) is 10.3. The molecule has 1 amide bonds. The molecule has 0 radical (unpaired) electrons. The third-order valence-corrected chi connectivity index (χ3v) is 3.36. The normalized spacial score (nSPS) is 22.8. The summed E-state index contributed by atoms with van der Waals surface area (Å²) in [6, 6.07) is 2.62. The van der Waals surface area contributed by atoms with E-state index in [1.54, 1.807) is 0 Å². The van der Waals surface area contributed by atoms with E-state index in [4.69, 9.17) is 5.11 Å². The van der Waals surface area contributed by atoms with Gasteiger partial charge in [-0.2, -0.15) is 4.39 Å². The van der Waals surface area contributed by atoms with Crippen LogP contribution in [0.25, 0.3) is 0 Å². The lowest BCUT2D eigenvalue weighted by molar-refractivity contribution is -0.143. The molecule has 1 aliphatic carbocycles. The van der Waals surface area contributed by atoms with Crippen LogP contribution < -0.4 is 5.32 Å². The molecule has 2 atom stereocenters. The van der Waals surface area contributed by atoms with E-state index in [0.29, 0.717) is 12.8 Å². The summed E-state index contributed by atoms with van der Waals surface area (Å²) in [5.41, 5.74) is -0.111. The number of carboxylic acids is 1. The molecule has 1 saturated carbocycles. The highest BCUT2D eigenvalue weighted by Crippen LogP contribution is 2.24. The second-order valence-corrected chi connectivity index (χ2v) is 4.71. The van der Waals surface area contributed by atoms with Crippen molar-refractivity contribution in [1.29, 1.82) is 0 Å². The smallest absolute Gasteiger partial charge is 0.306 e. The van der Waals surface area contributed by atoms with Gasteiger partial charge in [-0.15, -0.1) is 0 Å². The molecule has 0 aliphatic heterocycles.